The molecule has 1 rings (SSSR count). The van der Waals surface area contributed by atoms with Crippen LogP contribution in [0.2, 0.25) is 0 Å². The van der Waals surface area contributed by atoms with Crippen molar-refractivity contribution >= 4 is 6.41 Å². The van der Waals surface area contributed by atoms with Crippen molar-refractivity contribution in [1.29, 1.82) is 0 Å². The highest BCUT2D eigenvalue weighted by molar-refractivity contribution is 5.46. The van der Waals surface area contributed by atoms with Crippen LogP contribution in [0.3, 0.4) is 0 Å². The highest BCUT2D eigenvalue weighted by Crippen LogP contribution is 1.76. The van der Waals surface area contributed by atoms with Crippen LogP contribution in [0.5, 0.6) is 0 Å². The molecule has 0 radical (unpaired) electrons. The van der Waals surface area contributed by atoms with Crippen LogP contribution >= 0.6 is 0 Å². The Kier molecular flexibility index (Phi) is 1.24. The summed E-state index contributed by atoms with van der Waals surface area (Å²) in [4.78, 5) is 9.83. The van der Waals surface area contributed by atoms with Gasteiger partial charge in [0.15, 0.2) is 0 Å². The second-order valence-electron chi connectivity index (χ2n) is 1.34. The van der Waals surface area contributed by atoms with Gasteiger partial charge >= 0.3 is 0 Å². The normalized spacial score (nSPS) is 20.3. The summed E-state index contributed by atoms with van der Waals surface area (Å²) in [5.74, 6) is 0. The molecule has 4 heteroatoms. The zero-order valence-corrected chi connectivity index (χ0v) is 3.85. The molecule has 1 saturated heterocycles. The minimum atomic E-state index is 0.750. The fourth-order valence-corrected chi connectivity index (χ4v) is 0.469. The summed E-state index contributed by atoms with van der Waals surface area (Å²) < 4.78 is 0. The van der Waals surface area contributed by atoms with Crippen molar-refractivity contribution in [3.8, 4) is 0 Å². The maximum Gasteiger partial charge on any atom is 0.224 e. The van der Waals surface area contributed by atoms with Gasteiger partial charge in [-0.1, -0.05) is 0 Å². The van der Waals surface area contributed by atoms with Gasteiger partial charge in [-0.15, -0.1) is 0 Å². The molecular formula is C3H7N3O. The maximum atomic E-state index is 9.83. The Hall–Kier alpha value is -0.610. The summed E-state index contributed by atoms with van der Waals surface area (Å²) in [5.41, 5.74) is 5.39. The molecular weight excluding hydrogens is 94.1 g/mol. The molecule has 0 aromatic rings. The Morgan fingerprint density at radius 1 is 1.71 bits per heavy atom. The van der Waals surface area contributed by atoms with E-state index in [0.717, 1.165) is 19.5 Å². The zero-order valence-electron chi connectivity index (χ0n) is 3.85. The molecule has 0 saturated carbocycles. The van der Waals surface area contributed by atoms with E-state index in [0.29, 0.717) is 0 Å². The lowest BCUT2D eigenvalue weighted by atomic mass is 10.7. The fraction of sp³-hybridized carbons (Fsp3) is 0.667. The molecule has 1 heterocycles. The number of rotatable bonds is 1. The average Bonchev–Trinajstić information content (AvgIpc) is 2.14. The molecule has 4 nitrogen and oxygen atoms in total. The number of hydrogen-bond donors (Lipinski definition) is 2. The summed E-state index contributed by atoms with van der Waals surface area (Å²) in [6.07, 6.45) is 0.750. The molecule has 1 fully saturated rings. The minimum absolute atomic E-state index is 0.750. The number of carbonyl (C=O) groups excluding carboxylic acids is 1. The van der Waals surface area contributed by atoms with E-state index in [1.165, 1.54) is 5.01 Å². The first-order chi connectivity index (χ1) is 3.43. The monoisotopic (exact) mass is 101 g/mol. The maximum absolute atomic E-state index is 9.83. The predicted octanol–water partition coefficient (Wildman–Crippen LogP) is -1.53. The molecule has 40 valence electrons. The van der Waals surface area contributed by atoms with Gasteiger partial charge in [-0.25, -0.2) is 5.43 Å². The van der Waals surface area contributed by atoms with Crippen molar-refractivity contribution in [2.24, 2.45) is 0 Å². The van der Waals surface area contributed by atoms with Crippen molar-refractivity contribution in [1.82, 2.24) is 16.0 Å². The van der Waals surface area contributed by atoms with E-state index < -0.39 is 0 Å². The topological polar surface area (TPSA) is 44.4 Å². The van der Waals surface area contributed by atoms with Crippen LogP contribution in [0, 0.1) is 0 Å². The van der Waals surface area contributed by atoms with Crippen molar-refractivity contribution < 1.29 is 4.79 Å². The van der Waals surface area contributed by atoms with E-state index in [-0.39, 0.29) is 0 Å². The van der Waals surface area contributed by atoms with Crippen molar-refractivity contribution in [2.75, 3.05) is 13.1 Å². The first kappa shape index (κ1) is 4.55. The van der Waals surface area contributed by atoms with Crippen LogP contribution in [0.25, 0.3) is 0 Å². The van der Waals surface area contributed by atoms with Gasteiger partial charge in [0.1, 0.15) is 0 Å². The van der Waals surface area contributed by atoms with Crippen LogP contribution in [0.4, 0.5) is 0 Å². The number of carbonyl (C=O) groups is 1. The number of hydrazine groups is 2. The van der Waals surface area contributed by atoms with Gasteiger partial charge in [0.25, 0.3) is 0 Å². The summed E-state index contributed by atoms with van der Waals surface area (Å²) in [6, 6.07) is 0. The van der Waals surface area contributed by atoms with Gasteiger partial charge < -0.3 is 0 Å². The third-order valence-corrected chi connectivity index (χ3v) is 0.828. The van der Waals surface area contributed by atoms with Gasteiger partial charge in [-0.05, 0) is 0 Å². The standard InChI is InChI=1S/C3H7N3O/c7-3-6-2-1-4-5-6/h3-5H,1-2H2. The SMILES string of the molecule is O=CN1CCNN1. The third-order valence-electron chi connectivity index (χ3n) is 0.828. The Morgan fingerprint density at radius 2 is 2.57 bits per heavy atom. The van der Waals surface area contributed by atoms with Gasteiger partial charge in [-0.3, -0.25) is 9.80 Å². The van der Waals surface area contributed by atoms with Crippen LogP contribution < -0.4 is 11.0 Å². The van der Waals surface area contributed by atoms with E-state index in [1.54, 1.807) is 0 Å². The van der Waals surface area contributed by atoms with E-state index in [2.05, 4.69) is 11.0 Å². The highest BCUT2D eigenvalue weighted by atomic mass is 16.2. The van der Waals surface area contributed by atoms with E-state index >= 15 is 0 Å². The van der Waals surface area contributed by atoms with Crippen LogP contribution in [-0.4, -0.2) is 24.5 Å². The molecule has 0 spiro atoms. The summed E-state index contributed by atoms with van der Waals surface area (Å²) >= 11 is 0. The number of nitrogens with one attached hydrogen (secondary N) is 2. The second-order valence-corrected chi connectivity index (χ2v) is 1.34. The van der Waals surface area contributed by atoms with Crippen molar-refractivity contribution in [3.05, 3.63) is 0 Å². The summed E-state index contributed by atoms with van der Waals surface area (Å²) in [6.45, 7) is 1.59. The molecule has 2 N–H and O–H groups in total. The highest BCUT2D eigenvalue weighted by Gasteiger charge is 2.04. The molecule has 7 heavy (non-hydrogen) atoms. The summed E-state index contributed by atoms with van der Waals surface area (Å²) in [5, 5.41) is 1.44. The molecule has 0 aromatic heterocycles. The van der Waals surface area contributed by atoms with E-state index in [1.807, 2.05) is 0 Å². The summed E-state index contributed by atoms with van der Waals surface area (Å²) in [7, 11) is 0. The Morgan fingerprint density at radius 3 is 2.86 bits per heavy atom. The van der Waals surface area contributed by atoms with Gasteiger partial charge in [0.05, 0.1) is 6.54 Å². The Labute approximate surface area is 41.4 Å². The van der Waals surface area contributed by atoms with Crippen molar-refractivity contribution in [2.45, 2.75) is 0 Å². The minimum Gasteiger partial charge on any atom is -0.277 e. The molecule has 0 unspecified atom stereocenters. The molecule has 1 aliphatic rings. The Bertz CT molecular complexity index is 68.6. The number of amides is 1. The van der Waals surface area contributed by atoms with Crippen LogP contribution in [-0.2, 0) is 4.79 Å². The molecule has 0 atom stereocenters. The average molecular weight is 101 g/mol. The first-order valence-electron chi connectivity index (χ1n) is 2.14. The lowest BCUT2D eigenvalue weighted by Crippen LogP contribution is -2.34. The second kappa shape index (κ2) is 1.90. The zero-order chi connectivity index (χ0) is 5.11. The molecule has 0 aromatic carbocycles. The lowest BCUT2D eigenvalue weighted by molar-refractivity contribution is -0.119. The predicted molar refractivity (Wildman–Crippen MR) is 23.9 cm³/mol. The third kappa shape index (κ3) is 0.880. The molecule has 0 aliphatic carbocycles. The van der Waals surface area contributed by atoms with Gasteiger partial charge in [0.2, 0.25) is 6.41 Å². The molecule has 1 aliphatic heterocycles. The van der Waals surface area contributed by atoms with E-state index in [4.69, 9.17) is 0 Å². The first-order valence-corrected chi connectivity index (χ1v) is 2.14. The van der Waals surface area contributed by atoms with Crippen LogP contribution in [0.15, 0.2) is 0 Å². The molecule has 0 bridgehead atoms. The van der Waals surface area contributed by atoms with Crippen molar-refractivity contribution in [3.63, 3.8) is 0 Å². The smallest absolute Gasteiger partial charge is 0.224 e. The van der Waals surface area contributed by atoms with E-state index in [9.17, 15) is 4.79 Å². The van der Waals surface area contributed by atoms with Gasteiger partial charge in [-0.2, -0.15) is 5.53 Å². The number of hydrogen-bond acceptors (Lipinski definition) is 3. The van der Waals surface area contributed by atoms with Gasteiger partial charge in [0, 0.05) is 6.54 Å². The largest absolute Gasteiger partial charge is 0.277 e. The lowest BCUT2D eigenvalue weighted by Gasteiger charge is -2.03. The Balaban J connectivity index is 2.26. The fourth-order valence-electron chi connectivity index (χ4n) is 0.469. The number of nitrogens with zero attached hydrogens (tertiary/aromatic N) is 1. The van der Waals surface area contributed by atoms with Crippen LogP contribution in [0.1, 0.15) is 0 Å². The quantitative estimate of drug-likeness (QED) is 0.394. The molecule has 1 amide bonds.